The van der Waals surface area contributed by atoms with E-state index in [2.05, 4.69) is 0 Å². The van der Waals surface area contributed by atoms with Crippen LogP contribution in [0.1, 0.15) is 122 Å². The molecule has 0 aromatic heterocycles. The Kier molecular flexibility index (Phi) is 24.5. The average Bonchev–Trinajstić information content (AvgIpc) is 3.21. The largest absolute Gasteiger partial charge is 0.479 e. The van der Waals surface area contributed by atoms with Crippen molar-refractivity contribution in [2.24, 2.45) is 0 Å². The predicted molar refractivity (Wildman–Crippen MR) is 206 cm³/mol. The van der Waals surface area contributed by atoms with Gasteiger partial charge in [0.1, 0.15) is 61.0 Å². The van der Waals surface area contributed by atoms with Crippen LogP contribution in [0.5, 0.6) is 0 Å². The van der Waals surface area contributed by atoms with Crippen LogP contribution >= 0.6 is 0 Å². The van der Waals surface area contributed by atoms with Crippen molar-refractivity contribution in [3.63, 3.8) is 0 Å². The van der Waals surface area contributed by atoms with Gasteiger partial charge in [0.2, 0.25) is 0 Å². The number of ether oxygens (including phenoxy) is 6. The Balaban J connectivity index is 1.46. The number of carbonyl (C=O) groups is 1. The molecule has 0 aromatic rings. The number of carboxylic acids is 1. The van der Waals surface area contributed by atoms with Crippen LogP contribution in [0.3, 0.4) is 0 Å². The van der Waals surface area contributed by atoms with Gasteiger partial charge in [-0.3, -0.25) is 0 Å². The number of rotatable bonds is 29. The summed E-state index contributed by atoms with van der Waals surface area (Å²) in [5.41, 5.74) is 0. The summed E-state index contributed by atoms with van der Waals surface area (Å²) in [6.45, 7) is 0.552. The lowest BCUT2D eigenvalue weighted by Crippen LogP contribution is -2.64. The van der Waals surface area contributed by atoms with Crippen molar-refractivity contribution in [2.75, 3.05) is 19.8 Å². The van der Waals surface area contributed by atoms with Crippen molar-refractivity contribution < 1.29 is 94.5 Å². The normalized spacial score (nSPS) is 34.9. The Hall–Kier alpha value is -1.21. The van der Waals surface area contributed by atoms with E-state index in [-0.39, 0.29) is 13.0 Å². The quantitative estimate of drug-likeness (QED) is 0.0414. The van der Waals surface area contributed by atoms with Crippen LogP contribution in [-0.4, -0.2) is 191 Å². The third kappa shape index (κ3) is 17.1. The van der Waals surface area contributed by atoms with Gasteiger partial charge >= 0.3 is 5.97 Å². The van der Waals surface area contributed by atoms with E-state index in [1.807, 2.05) is 6.92 Å². The SMILES string of the molecule is CCCCC(CCCC(O)C(O)CCCCCCCCCCCCC(O)C(=O)O)OC1OCC(O)C(O)C1OC1OCC(O)C(O)C1OC1OC(CO)C(O)C(O)C1O. The first-order valence-electron chi connectivity index (χ1n) is 21.7. The van der Waals surface area contributed by atoms with Crippen LogP contribution in [0.15, 0.2) is 0 Å². The highest BCUT2D eigenvalue weighted by Crippen LogP contribution is 2.32. The van der Waals surface area contributed by atoms with Gasteiger partial charge in [-0.1, -0.05) is 84.0 Å². The fourth-order valence-electron chi connectivity index (χ4n) is 7.62. The fraction of sp³-hybridized carbons (Fsp3) is 0.975. The van der Waals surface area contributed by atoms with E-state index in [0.29, 0.717) is 38.5 Å². The monoisotopic (exact) mass is 858 g/mol. The fourth-order valence-corrected chi connectivity index (χ4v) is 7.62. The van der Waals surface area contributed by atoms with Crippen molar-refractivity contribution in [3.8, 4) is 0 Å². The second-order valence-electron chi connectivity index (χ2n) is 16.4. The molecule has 0 amide bonds. The number of hydrogen-bond donors (Lipinski definition) is 12. The maximum absolute atomic E-state index is 11.1. The standard InChI is InChI=1S/C40H74O19/c1-2-3-15-23(16-14-19-25(43)24(42)17-12-10-8-6-4-5-7-9-11-13-18-26(44)37(52)53)56-39-35(30(47)27(45)21-54-39)59-40-36(31(48)28(46)22-55-40)58-38-34(51)33(50)32(49)29(20-41)57-38/h23-36,38-51H,2-22H2,1H3,(H,52,53). The third-order valence-electron chi connectivity index (χ3n) is 11.5. The molecule has 17 atom stereocenters. The molecule has 3 aliphatic rings. The minimum atomic E-state index is -1.84. The summed E-state index contributed by atoms with van der Waals surface area (Å²) in [5.74, 6) is -1.17. The number of aliphatic hydroxyl groups excluding tert-OH is 11. The van der Waals surface area contributed by atoms with Crippen LogP contribution in [0.4, 0.5) is 0 Å². The summed E-state index contributed by atoms with van der Waals surface area (Å²) >= 11 is 0. The smallest absolute Gasteiger partial charge is 0.332 e. The number of carboxylic acid groups (broad SMARTS) is 1. The van der Waals surface area contributed by atoms with E-state index in [9.17, 15) is 61.0 Å². The third-order valence-corrected chi connectivity index (χ3v) is 11.5. The van der Waals surface area contributed by atoms with Gasteiger partial charge < -0.3 is 89.7 Å². The van der Waals surface area contributed by atoms with E-state index >= 15 is 0 Å². The Morgan fingerprint density at radius 1 is 0.576 bits per heavy atom. The summed E-state index contributed by atoms with van der Waals surface area (Å²) in [6, 6.07) is 0. The van der Waals surface area contributed by atoms with Gasteiger partial charge in [-0.25, -0.2) is 4.79 Å². The molecule has 3 saturated heterocycles. The van der Waals surface area contributed by atoms with Crippen LogP contribution in [-0.2, 0) is 33.2 Å². The van der Waals surface area contributed by atoms with Gasteiger partial charge in [0.05, 0.1) is 38.1 Å². The number of hydrogen-bond acceptors (Lipinski definition) is 18. The molecule has 0 spiro atoms. The highest BCUT2D eigenvalue weighted by Gasteiger charge is 2.51. The molecular formula is C40H74O19. The summed E-state index contributed by atoms with van der Waals surface area (Å²) in [7, 11) is 0. The highest BCUT2D eigenvalue weighted by molar-refractivity contribution is 5.71. The van der Waals surface area contributed by atoms with Gasteiger partial charge in [-0.05, 0) is 38.5 Å². The van der Waals surface area contributed by atoms with Gasteiger partial charge in [0.15, 0.2) is 25.0 Å². The average molecular weight is 859 g/mol. The van der Waals surface area contributed by atoms with Gasteiger partial charge in [0, 0.05) is 0 Å². The molecule has 3 heterocycles. The van der Waals surface area contributed by atoms with E-state index in [0.717, 1.165) is 70.6 Å². The molecule has 12 N–H and O–H groups in total. The van der Waals surface area contributed by atoms with Crippen LogP contribution in [0.2, 0.25) is 0 Å². The molecule has 17 unspecified atom stereocenters. The summed E-state index contributed by atoms with van der Waals surface area (Å²) in [5, 5.41) is 123. The number of unbranched alkanes of at least 4 members (excludes halogenated alkanes) is 10. The first-order chi connectivity index (χ1) is 28.2. The van der Waals surface area contributed by atoms with Crippen molar-refractivity contribution in [2.45, 2.75) is 227 Å². The highest BCUT2D eigenvalue weighted by atomic mass is 16.8. The van der Waals surface area contributed by atoms with Crippen LogP contribution in [0, 0.1) is 0 Å². The Bertz CT molecular complexity index is 1120. The molecule has 59 heavy (non-hydrogen) atoms. The molecule has 0 bridgehead atoms. The van der Waals surface area contributed by atoms with Crippen molar-refractivity contribution in [1.82, 2.24) is 0 Å². The van der Waals surface area contributed by atoms with E-state index in [1.165, 1.54) is 0 Å². The number of aliphatic hydroxyl groups is 11. The Morgan fingerprint density at radius 3 is 1.59 bits per heavy atom. The Labute approximate surface area is 346 Å². The molecule has 3 fully saturated rings. The van der Waals surface area contributed by atoms with Gasteiger partial charge in [0.25, 0.3) is 0 Å². The van der Waals surface area contributed by atoms with Gasteiger partial charge in [-0.2, -0.15) is 0 Å². The molecule has 348 valence electrons. The minimum Gasteiger partial charge on any atom is -0.479 e. The first kappa shape index (κ1) is 52.1. The molecule has 3 aliphatic heterocycles. The first-order valence-corrected chi connectivity index (χ1v) is 21.7. The second kappa shape index (κ2) is 27.8. The lowest BCUT2D eigenvalue weighted by atomic mass is 9.98. The molecule has 0 aromatic carbocycles. The van der Waals surface area contributed by atoms with E-state index < -0.39 is 124 Å². The maximum Gasteiger partial charge on any atom is 0.332 e. The number of aliphatic carboxylic acids is 1. The topological polar surface area (TPSA) is 315 Å². The molecule has 19 nitrogen and oxygen atoms in total. The summed E-state index contributed by atoms with van der Waals surface area (Å²) in [4.78, 5) is 10.7. The molecular weight excluding hydrogens is 784 g/mol. The molecule has 0 aliphatic carbocycles. The summed E-state index contributed by atoms with van der Waals surface area (Å²) in [6.07, 6.45) is -9.84. The van der Waals surface area contributed by atoms with E-state index in [1.54, 1.807) is 0 Å². The zero-order valence-corrected chi connectivity index (χ0v) is 34.4. The minimum absolute atomic E-state index is 0.286. The van der Waals surface area contributed by atoms with Gasteiger partial charge in [-0.15, -0.1) is 0 Å². The summed E-state index contributed by atoms with van der Waals surface area (Å²) < 4.78 is 34.9. The second-order valence-corrected chi connectivity index (χ2v) is 16.4. The zero-order valence-electron chi connectivity index (χ0n) is 34.4. The van der Waals surface area contributed by atoms with Crippen molar-refractivity contribution in [1.29, 1.82) is 0 Å². The molecule has 19 heteroatoms. The van der Waals surface area contributed by atoms with Crippen molar-refractivity contribution >= 4 is 5.97 Å². The molecule has 0 radical (unpaired) electrons. The molecule has 0 saturated carbocycles. The van der Waals surface area contributed by atoms with Crippen LogP contribution in [0.25, 0.3) is 0 Å². The van der Waals surface area contributed by atoms with Crippen LogP contribution < -0.4 is 0 Å². The maximum atomic E-state index is 11.1. The molecule has 3 rings (SSSR count). The van der Waals surface area contributed by atoms with Crippen molar-refractivity contribution in [3.05, 3.63) is 0 Å². The lowest BCUT2D eigenvalue weighted by molar-refractivity contribution is -0.380. The zero-order chi connectivity index (χ0) is 43.5. The van der Waals surface area contributed by atoms with E-state index in [4.69, 9.17) is 33.5 Å². The Morgan fingerprint density at radius 2 is 1.05 bits per heavy atom. The predicted octanol–water partition coefficient (Wildman–Crippen LogP) is -0.693. The lowest BCUT2D eigenvalue weighted by Gasteiger charge is -2.46.